The third-order valence-electron chi connectivity index (χ3n) is 4.40. The Hall–Kier alpha value is -0.110. The van der Waals surface area contributed by atoms with Crippen molar-refractivity contribution in [2.45, 2.75) is 64.6 Å². The fourth-order valence-corrected chi connectivity index (χ4v) is 3.75. The van der Waals surface area contributed by atoms with Gasteiger partial charge in [0.2, 0.25) is 0 Å². The van der Waals surface area contributed by atoms with E-state index < -0.39 is 6.17 Å². The van der Waals surface area contributed by atoms with Crippen molar-refractivity contribution in [2.75, 3.05) is 6.54 Å². The molecule has 2 aliphatic rings. The van der Waals surface area contributed by atoms with Gasteiger partial charge in [-0.3, -0.25) is 0 Å². The fourth-order valence-electron chi connectivity index (χ4n) is 3.75. The zero-order valence-electron chi connectivity index (χ0n) is 10.7. The van der Waals surface area contributed by atoms with E-state index in [2.05, 4.69) is 19.2 Å². The van der Waals surface area contributed by atoms with Crippen molar-refractivity contribution in [3.63, 3.8) is 0 Å². The van der Waals surface area contributed by atoms with Crippen LogP contribution in [0.4, 0.5) is 4.39 Å². The summed E-state index contributed by atoms with van der Waals surface area (Å²) < 4.78 is 14.5. The topological polar surface area (TPSA) is 12.0 Å². The first-order valence-corrected chi connectivity index (χ1v) is 7.04. The van der Waals surface area contributed by atoms with Crippen LogP contribution in [0.5, 0.6) is 0 Å². The third-order valence-corrected chi connectivity index (χ3v) is 4.40. The lowest BCUT2D eigenvalue weighted by atomic mass is 9.73. The van der Waals surface area contributed by atoms with E-state index in [9.17, 15) is 4.39 Å². The molecule has 0 aromatic carbocycles. The quantitative estimate of drug-likeness (QED) is 0.761. The predicted molar refractivity (Wildman–Crippen MR) is 66.2 cm³/mol. The smallest absolute Gasteiger partial charge is 0.118 e. The van der Waals surface area contributed by atoms with Crippen LogP contribution in [0.1, 0.15) is 52.4 Å². The van der Waals surface area contributed by atoms with Crippen LogP contribution in [-0.2, 0) is 0 Å². The molecule has 0 amide bonds. The molecule has 0 radical (unpaired) electrons. The molecule has 2 heteroatoms. The first-order chi connectivity index (χ1) is 7.66. The predicted octanol–water partition coefficient (Wildman–Crippen LogP) is 3.54. The van der Waals surface area contributed by atoms with Crippen molar-refractivity contribution in [2.24, 2.45) is 17.8 Å². The molecule has 1 heterocycles. The van der Waals surface area contributed by atoms with E-state index in [1.165, 1.54) is 19.3 Å². The van der Waals surface area contributed by atoms with E-state index in [0.717, 1.165) is 37.6 Å². The van der Waals surface area contributed by atoms with E-state index in [1.807, 2.05) is 0 Å². The van der Waals surface area contributed by atoms with Gasteiger partial charge in [0.15, 0.2) is 0 Å². The number of alkyl halides is 1. The van der Waals surface area contributed by atoms with E-state index in [4.69, 9.17) is 0 Å². The van der Waals surface area contributed by atoms with Gasteiger partial charge in [0.05, 0.1) is 0 Å². The summed E-state index contributed by atoms with van der Waals surface area (Å²) in [7, 11) is 0. The van der Waals surface area contributed by atoms with Crippen molar-refractivity contribution in [1.29, 1.82) is 0 Å². The molecule has 1 nitrogen and oxygen atoms in total. The van der Waals surface area contributed by atoms with Crippen molar-refractivity contribution in [3.8, 4) is 0 Å². The summed E-state index contributed by atoms with van der Waals surface area (Å²) in [6.45, 7) is 5.58. The minimum Gasteiger partial charge on any atom is -0.311 e. The second-order valence-electron chi connectivity index (χ2n) is 6.18. The summed E-state index contributed by atoms with van der Waals surface area (Å²) in [5.41, 5.74) is 0. The highest BCUT2D eigenvalue weighted by Gasteiger charge is 2.34. The Bertz CT molecular complexity index is 203. The van der Waals surface area contributed by atoms with Crippen LogP contribution in [0.3, 0.4) is 0 Å². The van der Waals surface area contributed by atoms with Crippen LogP contribution in [0.2, 0.25) is 0 Å². The van der Waals surface area contributed by atoms with Crippen LogP contribution in [0.25, 0.3) is 0 Å². The summed E-state index contributed by atoms with van der Waals surface area (Å²) in [5, 5.41) is 3.37. The van der Waals surface area contributed by atoms with Gasteiger partial charge in [-0.05, 0) is 56.4 Å². The van der Waals surface area contributed by atoms with Gasteiger partial charge < -0.3 is 5.32 Å². The Kier molecular flexibility index (Phi) is 4.23. The Morgan fingerprint density at radius 2 is 1.75 bits per heavy atom. The standard InChI is InChI=1S/C14H26FN/c1-10-7-11(2)9-12(8-10)14(15)13-5-3-4-6-16-13/h10-14,16H,3-9H2,1-2H3. The number of hydrogen-bond donors (Lipinski definition) is 1. The highest BCUT2D eigenvalue weighted by molar-refractivity contribution is 4.88. The Balaban J connectivity index is 1.89. The summed E-state index contributed by atoms with van der Waals surface area (Å²) in [6.07, 6.45) is 6.36. The minimum absolute atomic E-state index is 0.149. The molecule has 0 spiro atoms. The number of nitrogens with one attached hydrogen (secondary N) is 1. The molecule has 16 heavy (non-hydrogen) atoms. The van der Waals surface area contributed by atoms with Gasteiger partial charge in [0.1, 0.15) is 6.17 Å². The second kappa shape index (κ2) is 5.48. The molecule has 1 aliphatic carbocycles. The second-order valence-corrected chi connectivity index (χ2v) is 6.18. The van der Waals surface area contributed by atoms with Crippen LogP contribution in [0.15, 0.2) is 0 Å². The Morgan fingerprint density at radius 3 is 2.31 bits per heavy atom. The summed E-state index contributed by atoms with van der Waals surface area (Å²) in [5.74, 6) is 1.75. The van der Waals surface area contributed by atoms with Crippen molar-refractivity contribution in [3.05, 3.63) is 0 Å². The lowest BCUT2D eigenvalue weighted by molar-refractivity contribution is 0.0864. The average Bonchev–Trinajstić information content (AvgIpc) is 2.28. The normalized spacial score (nSPS) is 42.9. The SMILES string of the molecule is CC1CC(C)CC(C(F)C2CCCCN2)C1. The molecule has 0 aromatic heterocycles. The van der Waals surface area contributed by atoms with Crippen molar-refractivity contribution >= 4 is 0 Å². The number of piperidine rings is 1. The average molecular weight is 227 g/mol. The molecule has 0 bridgehead atoms. The number of hydrogen-bond acceptors (Lipinski definition) is 1. The van der Waals surface area contributed by atoms with Crippen LogP contribution >= 0.6 is 0 Å². The molecule has 1 aliphatic heterocycles. The maximum absolute atomic E-state index is 14.5. The molecule has 2 fully saturated rings. The molecule has 4 atom stereocenters. The van der Waals surface area contributed by atoms with Gasteiger partial charge in [-0.25, -0.2) is 4.39 Å². The maximum Gasteiger partial charge on any atom is 0.118 e. The largest absolute Gasteiger partial charge is 0.311 e. The first-order valence-electron chi connectivity index (χ1n) is 7.04. The fraction of sp³-hybridized carbons (Fsp3) is 1.00. The zero-order valence-corrected chi connectivity index (χ0v) is 10.7. The molecule has 1 N–H and O–H groups in total. The first kappa shape index (κ1) is 12.3. The molecular weight excluding hydrogens is 201 g/mol. The van der Waals surface area contributed by atoms with Crippen molar-refractivity contribution < 1.29 is 4.39 Å². The molecule has 2 rings (SSSR count). The zero-order chi connectivity index (χ0) is 11.5. The van der Waals surface area contributed by atoms with Crippen molar-refractivity contribution in [1.82, 2.24) is 5.32 Å². The summed E-state index contributed by atoms with van der Waals surface area (Å²) in [4.78, 5) is 0. The summed E-state index contributed by atoms with van der Waals surface area (Å²) in [6, 6.07) is 0.149. The third kappa shape index (κ3) is 2.97. The number of rotatable bonds is 2. The number of halogens is 1. The van der Waals surface area contributed by atoms with Gasteiger partial charge in [-0.1, -0.05) is 20.3 Å². The van der Waals surface area contributed by atoms with Gasteiger partial charge in [-0.2, -0.15) is 0 Å². The molecule has 4 unspecified atom stereocenters. The van der Waals surface area contributed by atoms with E-state index in [1.54, 1.807) is 0 Å². The Labute approximate surface area is 99.2 Å². The molecular formula is C14H26FN. The lowest BCUT2D eigenvalue weighted by Crippen LogP contribution is -2.45. The van der Waals surface area contributed by atoms with Crippen LogP contribution < -0.4 is 5.32 Å². The monoisotopic (exact) mass is 227 g/mol. The molecule has 1 saturated carbocycles. The van der Waals surface area contributed by atoms with Crippen LogP contribution in [-0.4, -0.2) is 18.8 Å². The lowest BCUT2D eigenvalue weighted by Gasteiger charge is -2.37. The van der Waals surface area contributed by atoms with Gasteiger partial charge in [-0.15, -0.1) is 0 Å². The minimum atomic E-state index is -0.606. The maximum atomic E-state index is 14.5. The van der Waals surface area contributed by atoms with Gasteiger partial charge >= 0.3 is 0 Å². The highest BCUT2D eigenvalue weighted by atomic mass is 19.1. The summed E-state index contributed by atoms with van der Waals surface area (Å²) >= 11 is 0. The van der Waals surface area contributed by atoms with Gasteiger partial charge in [0.25, 0.3) is 0 Å². The van der Waals surface area contributed by atoms with Crippen LogP contribution in [0, 0.1) is 17.8 Å². The molecule has 94 valence electrons. The van der Waals surface area contributed by atoms with Gasteiger partial charge in [0, 0.05) is 6.04 Å². The highest BCUT2D eigenvalue weighted by Crippen LogP contribution is 2.37. The van der Waals surface area contributed by atoms with E-state index >= 15 is 0 Å². The molecule has 0 aromatic rings. The van der Waals surface area contributed by atoms with E-state index in [-0.39, 0.29) is 6.04 Å². The van der Waals surface area contributed by atoms with E-state index in [0.29, 0.717) is 5.92 Å². The Morgan fingerprint density at radius 1 is 1.06 bits per heavy atom. The molecule has 1 saturated heterocycles.